The highest BCUT2D eigenvalue weighted by atomic mass is 32.2. The molecule has 2 aliphatic rings. The van der Waals surface area contributed by atoms with Crippen molar-refractivity contribution in [2.75, 3.05) is 23.7 Å². The summed E-state index contributed by atoms with van der Waals surface area (Å²) in [6.07, 6.45) is 6.13. The van der Waals surface area contributed by atoms with Gasteiger partial charge in [-0.1, -0.05) is 75.6 Å². The lowest BCUT2D eigenvalue weighted by Crippen LogP contribution is -2.32. The molecule has 41 heavy (non-hydrogen) atoms. The van der Waals surface area contributed by atoms with Gasteiger partial charge in [0, 0.05) is 29.5 Å². The maximum Gasteiger partial charge on any atom is 0.258 e. The van der Waals surface area contributed by atoms with Crippen LogP contribution in [0.25, 0.3) is 11.3 Å². The van der Waals surface area contributed by atoms with Gasteiger partial charge in [0.2, 0.25) is 10.0 Å². The van der Waals surface area contributed by atoms with Crippen molar-refractivity contribution in [3.63, 3.8) is 0 Å². The molecule has 1 saturated carbocycles. The van der Waals surface area contributed by atoms with Gasteiger partial charge in [0.25, 0.3) is 5.91 Å². The second kappa shape index (κ2) is 13.0. The molecule has 1 fully saturated rings. The van der Waals surface area contributed by atoms with Crippen LogP contribution in [0, 0.1) is 0 Å². The Morgan fingerprint density at radius 1 is 0.976 bits per heavy atom. The summed E-state index contributed by atoms with van der Waals surface area (Å²) in [7, 11) is -3.71. The monoisotopic (exact) mass is 572 g/mol. The van der Waals surface area contributed by atoms with E-state index in [0.29, 0.717) is 22.5 Å². The van der Waals surface area contributed by atoms with Crippen molar-refractivity contribution in [2.24, 2.45) is 0 Å². The first-order valence-electron chi connectivity index (χ1n) is 14.7. The summed E-state index contributed by atoms with van der Waals surface area (Å²) < 4.78 is 29.3. The number of rotatable bonds is 12. The predicted octanol–water partition coefficient (Wildman–Crippen LogP) is 6.46. The van der Waals surface area contributed by atoms with Crippen molar-refractivity contribution in [3.05, 3.63) is 89.5 Å². The van der Waals surface area contributed by atoms with Gasteiger partial charge in [0.15, 0.2) is 0 Å². The molecule has 8 heteroatoms. The molecular formula is C33H40N4O3S. The Balaban J connectivity index is 1.48. The normalized spacial score (nSPS) is 16.6. The lowest BCUT2D eigenvalue weighted by Gasteiger charge is -2.20. The minimum atomic E-state index is -3.71. The van der Waals surface area contributed by atoms with Gasteiger partial charge in [0.1, 0.15) is 0 Å². The number of unbranched alkanes of at least 4 members (excludes halogenated alkanes) is 1. The molecule has 0 atom stereocenters. The van der Waals surface area contributed by atoms with Crippen molar-refractivity contribution in [3.8, 4) is 0 Å². The Hall–Kier alpha value is -3.46. The van der Waals surface area contributed by atoms with Gasteiger partial charge in [-0.15, -0.1) is 0 Å². The second-order valence-corrected chi connectivity index (χ2v) is 12.6. The Labute approximate surface area is 244 Å². The maximum absolute atomic E-state index is 13.4. The Morgan fingerprint density at radius 3 is 2.39 bits per heavy atom. The van der Waals surface area contributed by atoms with Gasteiger partial charge in [-0.25, -0.2) is 13.1 Å². The lowest BCUT2D eigenvalue weighted by atomic mass is 10.00. The molecule has 0 aromatic heterocycles. The molecular weight excluding hydrogens is 532 g/mol. The molecule has 0 bridgehead atoms. The van der Waals surface area contributed by atoms with Crippen molar-refractivity contribution in [2.45, 2.75) is 69.9 Å². The van der Waals surface area contributed by atoms with Crippen LogP contribution in [0.15, 0.2) is 77.7 Å². The third-order valence-electron chi connectivity index (χ3n) is 7.94. The quantitative estimate of drug-likeness (QED) is 0.217. The van der Waals surface area contributed by atoms with Crippen LogP contribution in [-0.4, -0.2) is 38.4 Å². The van der Waals surface area contributed by atoms with Crippen molar-refractivity contribution >= 4 is 38.6 Å². The van der Waals surface area contributed by atoms with Gasteiger partial charge in [-0.2, -0.15) is 0 Å². The fraction of sp³-hybridized carbons (Fsp3) is 0.364. The van der Waals surface area contributed by atoms with Crippen LogP contribution in [-0.2, 0) is 21.4 Å². The lowest BCUT2D eigenvalue weighted by molar-refractivity contribution is -0.110. The molecule has 1 amide bonds. The SMILES string of the molecule is CCCCN(CC)Cc1ccc(N/C(=C2\C(=O)Nc3ccc(S(=O)(=O)NC4CCCC4)cc32)c2ccccc2)cc1. The molecule has 3 N–H and O–H groups in total. The van der Waals surface area contributed by atoms with Crippen LogP contribution in [0.2, 0.25) is 0 Å². The molecule has 0 radical (unpaired) electrons. The fourth-order valence-electron chi connectivity index (χ4n) is 5.60. The Bertz CT molecular complexity index is 1500. The zero-order chi connectivity index (χ0) is 28.8. The number of carbonyl (C=O) groups is 1. The summed E-state index contributed by atoms with van der Waals surface area (Å²) in [5, 5.41) is 6.43. The molecule has 1 aliphatic heterocycles. The van der Waals surface area contributed by atoms with E-state index in [-0.39, 0.29) is 16.8 Å². The number of carbonyl (C=O) groups excluding carboxylic acids is 1. The van der Waals surface area contributed by atoms with Crippen LogP contribution in [0.5, 0.6) is 0 Å². The summed E-state index contributed by atoms with van der Waals surface area (Å²) in [5.41, 5.74) is 5.14. The number of nitrogens with one attached hydrogen (secondary N) is 3. The zero-order valence-corrected chi connectivity index (χ0v) is 24.8. The van der Waals surface area contributed by atoms with Crippen LogP contribution in [0.3, 0.4) is 0 Å². The minimum Gasteiger partial charge on any atom is -0.354 e. The molecule has 0 spiro atoms. The van der Waals surface area contributed by atoms with Crippen LogP contribution in [0.4, 0.5) is 11.4 Å². The van der Waals surface area contributed by atoms with E-state index in [2.05, 4.69) is 46.2 Å². The van der Waals surface area contributed by atoms with Crippen LogP contribution in [0.1, 0.15) is 69.1 Å². The summed E-state index contributed by atoms with van der Waals surface area (Å²) in [6.45, 7) is 7.39. The zero-order valence-electron chi connectivity index (χ0n) is 23.9. The summed E-state index contributed by atoms with van der Waals surface area (Å²) in [6, 6.07) is 22.8. The molecule has 7 nitrogen and oxygen atoms in total. The Kier molecular flexibility index (Phi) is 9.22. The van der Waals surface area contributed by atoms with E-state index < -0.39 is 10.0 Å². The van der Waals surface area contributed by atoms with E-state index in [0.717, 1.165) is 56.6 Å². The fourth-order valence-corrected chi connectivity index (χ4v) is 6.93. The molecule has 3 aromatic carbocycles. The third kappa shape index (κ3) is 6.89. The molecule has 3 aromatic rings. The topological polar surface area (TPSA) is 90.5 Å². The Morgan fingerprint density at radius 2 is 1.71 bits per heavy atom. The highest BCUT2D eigenvalue weighted by Gasteiger charge is 2.31. The molecule has 0 saturated heterocycles. The van der Waals surface area contributed by atoms with Crippen molar-refractivity contribution < 1.29 is 13.2 Å². The molecule has 1 heterocycles. The average molecular weight is 573 g/mol. The summed E-state index contributed by atoms with van der Waals surface area (Å²) in [4.78, 5) is 16.0. The van der Waals surface area contributed by atoms with E-state index >= 15 is 0 Å². The van der Waals surface area contributed by atoms with Crippen molar-refractivity contribution in [1.29, 1.82) is 0 Å². The highest BCUT2D eigenvalue weighted by molar-refractivity contribution is 7.89. The van der Waals surface area contributed by atoms with Gasteiger partial charge in [-0.3, -0.25) is 9.69 Å². The van der Waals surface area contributed by atoms with Gasteiger partial charge in [-0.05, 0) is 73.8 Å². The van der Waals surface area contributed by atoms with E-state index in [4.69, 9.17) is 0 Å². The van der Waals surface area contributed by atoms with Crippen molar-refractivity contribution in [1.82, 2.24) is 9.62 Å². The largest absolute Gasteiger partial charge is 0.354 e. The van der Waals surface area contributed by atoms with Gasteiger partial charge >= 0.3 is 0 Å². The standard InChI is InChI=1S/C33H40N4O3S/c1-3-5-21-37(4-2)23-24-15-17-26(18-16-24)34-32(25-11-7-6-8-12-25)31-29-22-28(19-20-30(29)35-33(31)38)41(39,40)36-27-13-9-10-14-27/h6-8,11-12,15-20,22,27,34,36H,3-5,9-10,13-14,21,23H2,1-2H3,(H,35,38)/b32-31-. The first kappa shape index (κ1) is 29.0. The number of fused-ring (bicyclic) bond motifs is 1. The highest BCUT2D eigenvalue weighted by Crippen LogP contribution is 2.39. The number of nitrogens with zero attached hydrogens (tertiary/aromatic N) is 1. The first-order valence-corrected chi connectivity index (χ1v) is 16.2. The number of anilines is 2. The summed E-state index contributed by atoms with van der Waals surface area (Å²) in [5.74, 6) is -0.268. The predicted molar refractivity (Wildman–Crippen MR) is 167 cm³/mol. The average Bonchev–Trinajstić information content (AvgIpc) is 3.61. The summed E-state index contributed by atoms with van der Waals surface area (Å²) >= 11 is 0. The number of sulfonamides is 1. The second-order valence-electron chi connectivity index (χ2n) is 10.9. The van der Waals surface area contributed by atoms with Crippen LogP contribution < -0.4 is 15.4 Å². The van der Waals surface area contributed by atoms with Crippen LogP contribution >= 0.6 is 0 Å². The number of hydrogen-bond donors (Lipinski definition) is 3. The maximum atomic E-state index is 13.4. The third-order valence-corrected chi connectivity index (χ3v) is 9.46. The minimum absolute atomic E-state index is 0.0383. The molecule has 216 valence electrons. The van der Waals surface area contributed by atoms with Gasteiger partial charge < -0.3 is 10.6 Å². The molecule has 0 unspecified atom stereocenters. The van der Waals surface area contributed by atoms with E-state index in [1.54, 1.807) is 18.2 Å². The van der Waals surface area contributed by atoms with E-state index in [1.165, 1.54) is 18.4 Å². The first-order chi connectivity index (χ1) is 19.9. The van der Waals surface area contributed by atoms with E-state index in [9.17, 15) is 13.2 Å². The molecule has 5 rings (SSSR count). The smallest absolute Gasteiger partial charge is 0.258 e. The van der Waals surface area contributed by atoms with E-state index in [1.807, 2.05) is 42.5 Å². The number of amides is 1. The number of benzene rings is 3. The molecule has 1 aliphatic carbocycles. The van der Waals surface area contributed by atoms with Gasteiger partial charge in [0.05, 0.1) is 16.2 Å². The number of hydrogen-bond acceptors (Lipinski definition) is 5.